The number of carbonyl (C=O) groups excluding carboxylic acids is 3. The highest BCUT2D eigenvalue weighted by atomic mass is 35.5. The fourth-order valence-corrected chi connectivity index (χ4v) is 2.56. The molecule has 29 heavy (non-hydrogen) atoms. The Labute approximate surface area is 176 Å². The van der Waals surface area contributed by atoms with E-state index in [1.807, 2.05) is 13.0 Å². The molecule has 162 valence electrons. The molecule has 10 heteroatoms. The number of rotatable bonds is 12. The van der Waals surface area contributed by atoms with Crippen LogP contribution in [0.5, 0.6) is 0 Å². The number of nitrogens with one attached hydrogen (secondary N) is 2. The molecule has 7 N–H and O–H groups in total. The molecule has 1 rings (SSSR count). The largest absolute Gasteiger partial charge is 0.481 e. The zero-order chi connectivity index (χ0) is 21.1. The van der Waals surface area contributed by atoms with Gasteiger partial charge in [0.05, 0.1) is 12.5 Å². The maximum absolute atomic E-state index is 12.5. The fourth-order valence-electron chi connectivity index (χ4n) is 2.56. The lowest BCUT2D eigenvalue weighted by Crippen LogP contribution is -2.56. The minimum Gasteiger partial charge on any atom is -0.481 e. The Morgan fingerprint density at radius 2 is 1.62 bits per heavy atom. The second-order valence-corrected chi connectivity index (χ2v) is 6.56. The Hall–Kier alpha value is -2.65. The molecule has 0 radical (unpaired) electrons. The normalized spacial score (nSPS) is 13.3. The van der Waals surface area contributed by atoms with Crippen LogP contribution in [-0.4, -0.2) is 46.9 Å². The summed E-state index contributed by atoms with van der Waals surface area (Å²) in [7, 11) is 0. The van der Waals surface area contributed by atoms with E-state index in [-0.39, 0.29) is 18.8 Å². The average molecular weight is 429 g/mol. The van der Waals surface area contributed by atoms with Crippen LogP contribution >= 0.6 is 12.4 Å². The summed E-state index contributed by atoms with van der Waals surface area (Å²) in [4.78, 5) is 47.5. The second-order valence-electron chi connectivity index (χ2n) is 6.56. The van der Waals surface area contributed by atoms with E-state index in [2.05, 4.69) is 10.6 Å². The first-order valence-corrected chi connectivity index (χ1v) is 9.16. The quantitative estimate of drug-likeness (QED) is 0.316. The van der Waals surface area contributed by atoms with Gasteiger partial charge < -0.3 is 27.2 Å². The number of halogens is 1. The van der Waals surface area contributed by atoms with Gasteiger partial charge in [0.2, 0.25) is 17.7 Å². The standard InChI is InChI=1S/C19H28N4O5.ClH/c1-2-3-9-13(20)18(27)23-15(11-16(24)25)19(28)22-14(17(21)26)10-12-7-5-4-6-8-12;/h4-8,13-15H,2-3,9-11,20H2,1H3,(H2,21,26)(H,22,28)(H,23,27)(H,24,25);1H/t13-,14-,15-;/m0./s1. The molecule has 1 aromatic carbocycles. The number of amides is 3. The first kappa shape index (κ1) is 26.4. The molecule has 0 heterocycles. The molecule has 0 aliphatic rings. The van der Waals surface area contributed by atoms with E-state index >= 15 is 0 Å². The highest BCUT2D eigenvalue weighted by Crippen LogP contribution is 2.05. The molecule has 0 fully saturated rings. The molecule has 0 spiro atoms. The highest BCUT2D eigenvalue weighted by Gasteiger charge is 2.29. The van der Waals surface area contributed by atoms with Gasteiger partial charge in [0.25, 0.3) is 0 Å². The van der Waals surface area contributed by atoms with Crippen molar-refractivity contribution in [3.05, 3.63) is 35.9 Å². The smallest absolute Gasteiger partial charge is 0.305 e. The van der Waals surface area contributed by atoms with Crippen molar-refractivity contribution in [1.82, 2.24) is 10.6 Å². The summed E-state index contributed by atoms with van der Waals surface area (Å²) >= 11 is 0. The van der Waals surface area contributed by atoms with Gasteiger partial charge in [0.15, 0.2) is 0 Å². The molecule has 0 aliphatic carbocycles. The number of nitrogens with two attached hydrogens (primary N) is 2. The molecule has 3 amide bonds. The topological polar surface area (TPSA) is 165 Å². The first-order chi connectivity index (χ1) is 13.2. The van der Waals surface area contributed by atoms with Gasteiger partial charge in [-0.1, -0.05) is 50.1 Å². The van der Waals surface area contributed by atoms with Crippen LogP contribution in [0.3, 0.4) is 0 Å². The number of hydrogen-bond acceptors (Lipinski definition) is 5. The van der Waals surface area contributed by atoms with Crippen molar-refractivity contribution in [2.24, 2.45) is 11.5 Å². The molecular formula is C19H29ClN4O5. The van der Waals surface area contributed by atoms with Crippen molar-refractivity contribution in [2.45, 2.75) is 57.2 Å². The number of carbonyl (C=O) groups is 4. The van der Waals surface area contributed by atoms with Gasteiger partial charge in [0.1, 0.15) is 12.1 Å². The van der Waals surface area contributed by atoms with Crippen LogP contribution in [0.4, 0.5) is 0 Å². The van der Waals surface area contributed by atoms with Crippen LogP contribution < -0.4 is 22.1 Å². The SMILES string of the molecule is CCCC[C@H](N)C(=O)N[C@@H](CC(=O)O)C(=O)N[C@@H](Cc1ccccc1)C(N)=O.Cl. The Morgan fingerprint density at radius 1 is 1.03 bits per heavy atom. The predicted molar refractivity (Wildman–Crippen MR) is 110 cm³/mol. The van der Waals surface area contributed by atoms with Crippen molar-refractivity contribution in [3.63, 3.8) is 0 Å². The van der Waals surface area contributed by atoms with Crippen LogP contribution in [0.15, 0.2) is 30.3 Å². The molecule has 1 aromatic rings. The lowest BCUT2D eigenvalue weighted by molar-refractivity contribution is -0.141. The van der Waals surface area contributed by atoms with Crippen molar-refractivity contribution in [3.8, 4) is 0 Å². The minimum atomic E-state index is -1.37. The third-order valence-corrected chi connectivity index (χ3v) is 4.16. The number of hydrogen-bond donors (Lipinski definition) is 5. The first-order valence-electron chi connectivity index (χ1n) is 9.16. The monoisotopic (exact) mass is 428 g/mol. The van der Waals surface area contributed by atoms with Crippen LogP contribution in [0.2, 0.25) is 0 Å². The summed E-state index contributed by atoms with van der Waals surface area (Å²) < 4.78 is 0. The zero-order valence-corrected chi connectivity index (χ0v) is 17.1. The van der Waals surface area contributed by atoms with Gasteiger partial charge in [-0.2, -0.15) is 0 Å². The summed E-state index contributed by atoms with van der Waals surface area (Å²) in [6.45, 7) is 1.95. The fraction of sp³-hybridized carbons (Fsp3) is 0.474. The molecule has 0 aromatic heterocycles. The molecule has 3 atom stereocenters. The number of aliphatic carboxylic acids is 1. The summed E-state index contributed by atoms with van der Waals surface area (Å²) in [5.41, 5.74) is 11.9. The Morgan fingerprint density at radius 3 is 2.14 bits per heavy atom. The second kappa shape index (κ2) is 13.5. The van der Waals surface area contributed by atoms with Crippen molar-refractivity contribution in [2.75, 3.05) is 0 Å². The number of carboxylic acid groups (broad SMARTS) is 1. The highest BCUT2D eigenvalue weighted by molar-refractivity contribution is 5.94. The molecule has 0 saturated carbocycles. The summed E-state index contributed by atoms with van der Waals surface area (Å²) in [6, 6.07) is 5.64. The molecule has 0 unspecified atom stereocenters. The van der Waals surface area contributed by atoms with Gasteiger partial charge in [-0.15, -0.1) is 12.4 Å². The maximum atomic E-state index is 12.5. The number of unbranched alkanes of at least 4 members (excludes halogenated alkanes) is 1. The van der Waals surface area contributed by atoms with Crippen LogP contribution in [-0.2, 0) is 25.6 Å². The van der Waals surface area contributed by atoms with Crippen LogP contribution in [0.25, 0.3) is 0 Å². The minimum absolute atomic E-state index is 0. The summed E-state index contributed by atoms with van der Waals surface area (Å²) in [5, 5.41) is 13.8. The van der Waals surface area contributed by atoms with Crippen molar-refractivity contribution >= 4 is 36.1 Å². The van der Waals surface area contributed by atoms with Crippen molar-refractivity contribution in [1.29, 1.82) is 0 Å². The number of benzene rings is 1. The summed E-state index contributed by atoms with van der Waals surface area (Å²) in [5.74, 6) is -3.47. The van der Waals surface area contributed by atoms with Gasteiger partial charge in [-0.25, -0.2) is 0 Å². The maximum Gasteiger partial charge on any atom is 0.305 e. The molecular weight excluding hydrogens is 400 g/mol. The lowest BCUT2D eigenvalue weighted by atomic mass is 10.0. The summed E-state index contributed by atoms with van der Waals surface area (Å²) in [6.07, 6.45) is 1.49. The lowest BCUT2D eigenvalue weighted by Gasteiger charge is -2.22. The van der Waals surface area contributed by atoms with Gasteiger partial charge in [-0.05, 0) is 12.0 Å². The number of primary amides is 1. The Kier molecular flexibility index (Phi) is 12.3. The Bertz CT molecular complexity index is 686. The molecule has 0 saturated heterocycles. The van der Waals surface area contributed by atoms with E-state index in [4.69, 9.17) is 16.6 Å². The van der Waals surface area contributed by atoms with Gasteiger partial charge in [-0.3, -0.25) is 19.2 Å². The van der Waals surface area contributed by atoms with E-state index in [0.717, 1.165) is 18.4 Å². The molecule has 0 aliphatic heterocycles. The number of carboxylic acids is 1. The van der Waals surface area contributed by atoms with Crippen LogP contribution in [0.1, 0.15) is 38.2 Å². The van der Waals surface area contributed by atoms with Gasteiger partial charge in [0, 0.05) is 6.42 Å². The van der Waals surface area contributed by atoms with E-state index in [1.54, 1.807) is 24.3 Å². The van der Waals surface area contributed by atoms with E-state index in [9.17, 15) is 19.2 Å². The third kappa shape index (κ3) is 9.91. The van der Waals surface area contributed by atoms with E-state index in [1.165, 1.54) is 0 Å². The van der Waals surface area contributed by atoms with Gasteiger partial charge >= 0.3 is 5.97 Å². The Balaban J connectivity index is 0.00000784. The zero-order valence-electron chi connectivity index (χ0n) is 16.3. The molecule has 9 nitrogen and oxygen atoms in total. The van der Waals surface area contributed by atoms with E-state index < -0.39 is 48.2 Å². The van der Waals surface area contributed by atoms with Crippen LogP contribution in [0, 0.1) is 0 Å². The van der Waals surface area contributed by atoms with Crippen molar-refractivity contribution < 1.29 is 24.3 Å². The van der Waals surface area contributed by atoms with E-state index in [0.29, 0.717) is 6.42 Å². The third-order valence-electron chi connectivity index (χ3n) is 4.16. The molecule has 0 bridgehead atoms. The average Bonchev–Trinajstić information content (AvgIpc) is 2.65. The predicted octanol–water partition coefficient (Wildman–Crippen LogP) is 0.0980.